The lowest BCUT2D eigenvalue weighted by Crippen LogP contribution is -2.24. The molecule has 1 aromatic heterocycles. The number of hydrogen-bond acceptors (Lipinski definition) is 6. The lowest BCUT2D eigenvalue weighted by Gasteiger charge is -2.06. The molecular formula is C15H11NO6. The van der Waals surface area contributed by atoms with Gasteiger partial charge >= 0.3 is 12.6 Å². The highest BCUT2D eigenvalue weighted by Crippen LogP contribution is 2.37. The zero-order chi connectivity index (χ0) is 15.7. The van der Waals surface area contributed by atoms with Crippen LogP contribution in [0.1, 0.15) is 21.5 Å². The monoisotopic (exact) mass is 301 g/mol. The van der Waals surface area contributed by atoms with Crippen molar-refractivity contribution in [2.45, 2.75) is 13.4 Å². The molecule has 7 heteroatoms. The standard InChI is InChI=1S/C15H11NO6/c1-8-5-11-12(21-15(20-11)22-14(18)19)6-10(8)13(17)9-3-2-4-16-7-9/h2-7,15H,1H3,(H,18,19). The maximum absolute atomic E-state index is 12.5. The smallest absolute Gasteiger partial charge is 0.450 e. The predicted octanol–water partition coefficient (Wildman–Crippen LogP) is 2.37. The third-order valence-electron chi connectivity index (χ3n) is 3.10. The Morgan fingerprint density at radius 1 is 1.27 bits per heavy atom. The van der Waals surface area contributed by atoms with Crippen LogP contribution in [0.5, 0.6) is 11.5 Å². The quantitative estimate of drug-likeness (QED) is 0.686. The van der Waals surface area contributed by atoms with Gasteiger partial charge < -0.3 is 19.3 Å². The molecule has 1 N–H and O–H groups in total. The van der Waals surface area contributed by atoms with E-state index in [0.717, 1.165) is 0 Å². The minimum Gasteiger partial charge on any atom is -0.450 e. The second-order valence-electron chi connectivity index (χ2n) is 4.59. The molecule has 1 unspecified atom stereocenters. The van der Waals surface area contributed by atoms with Crippen LogP contribution in [-0.2, 0) is 4.74 Å². The molecule has 22 heavy (non-hydrogen) atoms. The summed E-state index contributed by atoms with van der Waals surface area (Å²) in [5.41, 5.74) is 1.54. The first-order chi connectivity index (χ1) is 10.5. The number of benzene rings is 1. The van der Waals surface area contributed by atoms with Crippen molar-refractivity contribution in [1.29, 1.82) is 0 Å². The second-order valence-corrected chi connectivity index (χ2v) is 4.59. The summed E-state index contributed by atoms with van der Waals surface area (Å²) >= 11 is 0. The second kappa shape index (κ2) is 5.36. The molecule has 3 rings (SSSR count). The molecule has 0 amide bonds. The Hall–Kier alpha value is -3.09. The third-order valence-corrected chi connectivity index (χ3v) is 3.10. The van der Waals surface area contributed by atoms with Gasteiger partial charge in [0.15, 0.2) is 17.3 Å². The van der Waals surface area contributed by atoms with Crippen molar-refractivity contribution < 1.29 is 28.9 Å². The zero-order valence-corrected chi connectivity index (χ0v) is 11.5. The molecule has 0 saturated heterocycles. The van der Waals surface area contributed by atoms with E-state index in [4.69, 9.17) is 14.6 Å². The third kappa shape index (κ3) is 2.56. The van der Waals surface area contributed by atoms with E-state index < -0.39 is 12.6 Å². The fraction of sp³-hybridized carbons (Fsp3) is 0.133. The van der Waals surface area contributed by atoms with Crippen LogP contribution in [0, 0.1) is 6.92 Å². The Labute approximate surface area is 125 Å². The van der Waals surface area contributed by atoms with E-state index >= 15 is 0 Å². The Balaban J connectivity index is 1.90. The van der Waals surface area contributed by atoms with E-state index in [1.54, 1.807) is 31.3 Å². The summed E-state index contributed by atoms with van der Waals surface area (Å²) in [4.78, 5) is 26.9. The van der Waals surface area contributed by atoms with Gasteiger partial charge in [0.2, 0.25) is 0 Å². The summed E-state index contributed by atoms with van der Waals surface area (Å²) in [7, 11) is 0. The predicted molar refractivity (Wildman–Crippen MR) is 73.0 cm³/mol. The molecule has 0 saturated carbocycles. The van der Waals surface area contributed by atoms with Gasteiger partial charge in [0.25, 0.3) is 0 Å². The summed E-state index contributed by atoms with van der Waals surface area (Å²) in [6.45, 7) is 0.383. The number of aromatic nitrogens is 1. The van der Waals surface area contributed by atoms with E-state index in [9.17, 15) is 9.59 Å². The summed E-state index contributed by atoms with van der Waals surface area (Å²) in [5, 5.41) is 8.56. The van der Waals surface area contributed by atoms with Crippen molar-refractivity contribution in [3.63, 3.8) is 0 Å². The Bertz CT molecular complexity index is 743. The number of fused-ring (bicyclic) bond motifs is 1. The van der Waals surface area contributed by atoms with Gasteiger partial charge in [-0.3, -0.25) is 9.78 Å². The van der Waals surface area contributed by atoms with Gasteiger partial charge in [0.05, 0.1) is 0 Å². The van der Waals surface area contributed by atoms with Crippen LogP contribution in [0.2, 0.25) is 0 Å². The molecule has 1 atom stereocenters. The Kier molecular flexibility index (Phi) is 3.38. The number of carbonyl (C=O) groups is 2. The van der Waals surface area contributed by atoms with Crippen LogP contribution in [0.15, 0.2) is 36.7 Å². The molecule has 0 fully saturated rings. The molecule has 0 spiro atoms. The molecule has 0 radical (unpaired) electrons. The van der Waals surface area contributed by atoms with Gasteiger partial charge in [-0.15, -0.1) is 0 Å². The van der Waals surface area contributed by atoms with Crippen LogP contribution in [-0.4, -0.2) is 28.5 Å². The van der Waals surface area contributed by atoms with Crippen LogP contribution in [0.25, 0.3) is 0 Å². The maximum atomic E-state index is 12.5. The number of nitrogens with zero attached hydrogens (tertiary/aromatic N) is 1. The Morgan fingerprint density at radius 3 is 2.64 bits per heavy atom. The first-order valence-electron chi connectivity index (χ1n) is 6.37. The highest BCUT2D eigenvalue weighted by molar-refractivity contribution is 6.10. The molecule has 7 nitrogen and oxygen atoms in total. The van der Waals surface area contributed by atoms with Crippen LogP contribution >= 0.6 is 0 Å². The molecule has 1 aliphatic rings. The first-order valence-corrected chi connectivity index (χ1v) is 6.37. The number of hydrogen-bond donors (Lipinski definition) is 1. The molecule has 2 heterocycles. The lowest BCUT2D eigenvalue weighted by molar-refractivity contribution is -0.147. The molecular weight excluding hydrogens is 290 g/mol. The molecule has 0 aliphatic carbocycles. The number of carbonyl (C=O) groups excluding carboxylic acids is 1. The number of pyridine rings is 1. The molecule has 2 aromatic rings. The number of ether oxygens (including phenoxy) is 3. The van der Waals surface area contributed by atoms with Crippen molar-refractivity contribution in [3.8, 4) is 11.5 Å². The SMILES string of the molecule is Cc1cc2c(cc1C(=O)c1cccnc1)OC(OC(=O)O)O2. The van der Waals surface area contributed by atoms with Crippen molar-refractivity contribution in [2.75, 3.05) is 0 Å². The fourth-order valence-electron chi connectivity index (χ4n) is 2.10. The zero-order valence-electron chi connectivity index (χ0n) is 11.5. The maximum Gasteiger partial charge on any atom is 0.511 e. The fourth-order valence-corrected chi connectivity index (χ4v) is 2.10. The Morgan fingerprint density at radius 2 is 2.00 bits per heavy atom. The molecule has 1 aliphatic heterocycles. The summed E-state index contributed by atoms with van der Waals surface area (Å²) in [6, 6.07) is 6.44. The molecule has 1 aromatic carbocycles. The minimum absolute atomic E-state index is 0.209. The largest absolute Gasteiger partial charge is 0.511 e. The normalized spacial score (nSPS) is 15.4. The van der Waals surface area contributed by atoms with Gasteiger partial charge in [-0.05, 0) is 36.8 Å². The average molecular weight is 301 g/mol. The summed E-state index contributed by atoms with van der Waals surface area (Å²) in [6.07, 6.45) is 1.54. The number of aryl methyl sites for hydroxylation is 1. The number of rotatable bonds is 3. The van der Waals surface area contributed by atoms with Crippen molar-refractivity contribution >= 4 is 11.9 Å². The van der Waals surface area contributed by atoms with Gasteiger partial charge in [-0.1, -0.05) is 0 Å². The minimum atomic E-state index is -1.51. The van der Waals surface area contributed by atoms with E-state index in [0.29, 0.717) is 22.4 Å². The number of ketones is 1. The van der Waals surface area contributed by atoms with Crippen molar-refractivity contribution in [1.82, 2.24) is 4.98 Å². The molecule has 0 bridgehead atoms. The van der Waals surface area contributed by atoms with E-state index in [1.807, 2.05) is 0 Å². The van der Waals surface area contributed by atoms with Gasteiger partial charge in [0, 0.05) is 23.5 Å². The van der Waals surface area contributed by atoms with Crippen molar-refractivity contribution in [2.24, 2.45) is 0 Å². The van der Waals surface area contributed by atoms with Gasteiger partial charge in [-0.25, -0.2) is 4.79 Å². The molecule has 112 valence electrons. The lowest BCUT2D eigenvalue weighted by atomic mass is 9.99. The van der Waals surface area contributed by atoms with Crippen LogP contribution < -0.4 is 9.47 Å². The topological polar surface area (TPSA) is 95.0 Å². The number of carboxylic acid groups (broad SMARTS) is 1. The van der Waals surface area contributed by atoms with Crippen LogP contribution in [0.3, 0.4) is 0 Å². The summed E-state index contributed by atoms with van der Waals surface area (Å²) < 4.78 is 14.8. The average Bonchev–Trinajstić information content (AvgIpc) is 2.86. The summed E-state index contributed by atoms with van der Waals surface area (Å²) in [5.74, 6) is 0.371. The van der Waals surface area contributed by atoms with E-state index in [-0.39, 0.29) is 11.5 Å². The van der Waals surface area contributed by atoms with Gasteiger partial charge in [-0.2, -0.15) is 0 Å². The first kappa shape index (κ1) is 13.9. The highest BCUT2D eigenvalue weighted by atomic mass is 16.9. The van der Waals surface area contributed by atoms with Crippen LogP contribution in [0.4, 0.5) is 4.79 Å². The van der Waals surface area contributed by atoms with Gasteiger partial charge in [0.1, 0.15) is 0 Å². The van der Waals surface area contributed by atoms with E-state index in [2.05, 4.69) is 9.72 Å². The van der Waals surface area contributed by atoms with E-state index in [1.165, 1.54) is 12.3 Å². The highest BCUT2D eigenvalue weighted by Gasteiger charge is 2.29. The van der Waals surface area contributed by atoms with Crippen molar-refractivity contribution in [3.05, 3.63) is 53.3 Å².